The number of aryl methyl sites for hydroxylation is 1. The highest BCUT2D eigenvalue weighted by atomic mass is 16.5. The van der Waals surface area contributed by atoms with Crippen LogP contribution in [-0.4, -0.2) is 54.4 Å². The Hall–Kier alpha value is -2.82. The summed E-state index contributed by atoms with van der Waals surface area (Å²) in [7, 11) is 0. The zero-order valence-electron chi connectivity index (χ0n) is 15.1. The molecule has 3 rings (SSSR count). The molecule has 2 aromatic rings. The molecule has 1 aliphatic heterocycles. The number of rotatable bonds is 5. The lowest BCUT2D eigenvalue weighted by molar-refractivity contribution is -0.130. The molecule has 0 bridgehead atoms. The van der Waals surface area contributed by atoms with Crippen LogP contribution in [0, 0.1) is 6.92 Å². The maximum atomic E-state index is 12.8. The van der Waals surface area contributed by atoms with Crippen LogP contribution in [0.2, 0.25) is 0 Å². The Bertz CT molecular complexity index is 761. The summed E-state index contributed by atoms with van der Waals surface area (Å²) in [6, 6.07) is 17.1. The average molecular weight is 352 g/mol. The molecule has 0 spiro atoms. The SMILES string of the molecule is Cc1ccccc1C(=O)N1CCC(=O)N(CCOc2ccccc2)CC1. The van der Waals surface area contributed by atoms with Crippen LogP contribution >= 0.6 is 0 Å². The summed E-state index contributed by atoms with van der Waals surface area (Å²) >= 11 is 0. The predicted octanol–water partition coefficient (Wildman–Crippen LogP) is 2.75. The lowest BCUT2D eigenvalue weighted by Gasteiger charge is -2.23. The minimum absolute atomic E-state index is 0.00159. The summed E-state index contributed by atoms with van der Waals surface area (Å²) in [5.74, 6) is 0.867. The van der Waals surface area contributed by atoms with E-state index in [0.717, 1.165) is 11.3 Å². The Kier molecular flexibility index (Phi) is 5.89. The van der Waals surface area contributed by atoms with Crippen molar-refractivity contribution in [3.63, 3.8) is 0 Å². The van der Waals surface area contributed by atoms with Gasteiger partial charge in [0.25, 0.3) is 5.91 Å². The van der Waals surface area contributed by atoms with Crippen LogP contribution in [0.5, 0.6) is 5.75 Å². The predicted molar refractivity (Wildman–Crippen MR) is 100 cm³/mol. The highest BCUT2D eigenvalue weighted by Gasteiger charge is 2.25. The van der Waals surface area contributed by atoms with Crippen molar-refractivity contribution in [2.75, 3.05) is 32.8 Å². The van der Waals surface area contributed by atoms with Crippen LogP contribution in [0.3, 0.4) is 0 Å². The fraction of sp³-hybridized carbons (Fsp3) is 0.333. The van der Waals surface area contributed by atoms with E-state index in [1.54, 1.807) is 9.80 Å². The van der Waals surface area contributed by atoms with Crippen LogP contribution in [-0.2, 0) is 4.79 Å². The van der Waals surface area contributed by atoms with Gasteiger partial charge in [0.2, 0.25) is 5.91 Å². The van der Waals surface area contributed by atoms with E-state index in [2.05, 4.69) is 0 Å². The van der Waals surface area contributed by atoms with Crippen LogP contribution in [0.25, 0.3) is 0 Å². The first kappa shape index (κ1) is 18.0. The van der Waals surface area contributed by atoms with E-state index >= 15 is 0 Å². The Labute approximate surface area is 154 Å². The number of carbonyl (C=O) groups excluding carboxylic acids is 2. The van der Waals surface area contributed by atoms with Crippen molar-refractivity contribution in [2.45, 2.75) is 13.3 Å². The molecule has 2 amide bonds. The molecular formula is C21H24N2O3. The highest BCUT2D eigenvalue weighted by Crippen LogP contribution is 2.14. The molecule has 1 heterocycles. The largest absolute Gasteiger partial charge is 0.492 e. The zero-order valence-corrected chi connectivity index (χ0v) is 15.1. The van der Waals surface area contributed by atoms with Gasteiger partial charge in [-0.25, -0.2) is 0 Å². The van der Waals surface area contributed by atoms with Crippen molar-refractivity contribution in [3.05, 3.63) is 65.7 Å². The van der Waals surface area contributed by atoms with Gasteiger partial charge >= 0.3 is 0 Å². The van der Waals surface area contributed by atoms with Crippen molar-refractivity contribution in [3.8, 4) is 5.75 Å². The van der Waals surface area contributed by atoms with Crippen molar-refractivity contribution in [1.29, 1.82) is 0 Å². The normalized spacial score (nSPS) is 14.9. The van der Waals surface area contributed by atoms with Crippen LogP contribution in [0.1, 0.15) is 22.3 Å². The molecule has 5 heteroatoms. The third kappa shape index (κ3) is 4.42. The molecule has 0 N–H and O–H groups in total. The molecule has 0 saturated carbocycles. The molecular weight excluding hydrogens is 328 g/mol. The van der Waals surface area contributed by atoms with Gasteiger partial charge < -0.3 is 14.5 Å². The summed E-state index contributed by atoms with van der Waals surface area (Å²) in [4.78, 5) is 28.7. The minimum atomic E-state index is -0.00159. The standard InChI is InChI=1S/C21H24N2O3/c1-17-7-5-6-10-19(17)21(25)23-12-11-20(24)22(13-14-23)15-16-26-18-8-3-2-4-9-18/h2-10H,11-16H2,1H3. The quantitative estimate of drug-likeness (QED) is 0.831. The molecule has 1 aliphatic rings. The topological polar surface area (TPSA) is 49.9 Å². The molecule has 2 aromatic carbocycles. The smallest absolute Gasteiger partial charge is 0.254 e. The first-order valence-corrected chi connectivity index (χ1v) is 8.95. The van der Waals surface area contributed by atoms with Crippen molar-refractivity contribution >= 4 is 11.8 Å². The number of para-hydroxylation sites is 1. The van der Waals surface area contributed by atoms with Gasteiger partial charge in [-0.05, 0) is 30.7 Å². The average Bonchev–Trinajstić information content (AvgIpc) is 2.85. The molecule has 0 aromatic heterocycles. The van der Waals surface area contributed by atoms with Crippen molar-refractivity contribution < 1.29 is 14.3 Å². The third-order valence-corrected chi connectivity index (χ3v) is 4.62. The Morgan fingerprint density at radius 3 is 2.50 bits per heavy atom. The number of amides is 2. The van der Waals surface area contributed by atoms with E-state index in [1.807, 2.05) is 61.5 Å². The van der Waals surface area contributed by atoms with Gasteiger partial charge in [0.1, 0.15) is 12.4 Å². The van der Waals surface area contributed by atoms with Crippen molar-refractivity contribution in [1.82, 2.24) is 9.80 Å². The first-order chi connectivity index (χ1) is 12.6. The number of hydrogen-bond acceptors (Lipinski definition) is 3. The Morgan fingerprint density at radius 2 is 1.73 bits per heavy atom. The summed E-state index contributed by atoms with van der Waals surface area (Å²) in [5, 5.41) is 0. The number of benzene rings is 2. The molecule has 5 nitrogen and oxygen atoms in total. The van der Waals surface area contributed by atoms with Gasteiger partial charge in [-0.1, -0.05) is 36.4 Å². The fourth-order valence-corrected chi connectivity index (χ4v) is 3.08. The molecule has 1 fully saturated rings. The molecule has 1 saturated heterocycles. The van der Waals surface area contributed by atoms with Gasteiger partial charge in [-0.2, -0.15) is 0 Å². The molecule has 0 radical (unpaired) electrons. The first-order valence-electron chi connectivity index (χ1n) is 8.95. The second kappa shape index (κ2) is 8.52. The maximum absolute atomic E-state index is 12.8. The second-order valence-electron chi connectivity index (χ2n) is 6.40. The number of nitrogens with zero attached hydrogens (tertiary/aromatic N) is 2. The van der Waals surface area contributed by atoms with Crippen LogP contribution in [0.15, 0.2) is 54.6 Å². The van der Waals surface area contributed by atoms with Gasteiger partial charge in [0.15, 0.2) is 0 Å². The summed E-state index contributed by atoms with van der Waals surface area (Å²) in [5.41, 5.74) is 1.67. The van der Waals surface area contributed by atoms with Crippen LogP contribution < -0.4 is 4.74 Å². The van der Waals surface area contributed by atoms with Crippen molar-refractivity contribution in [2.24, 2.45) is 0 Å². The van der Waals surface area contributed by atoms with Gasteiger partial charge in [-0.3, -0.25) is 9.59 Å². The lowest BCUT2D eigenvalue weighted by Crippen LogP contribution is -2.37. The van der Waals surface area contributed by atoms with Gasteiger partial charge in [-0.15, -0.1) is 0 Å². The minimum Gasteiger partial charge on any atom is -0.492 e. The molecule has 26 heavy (non-hydrogen) atoms. The van der Waals surface area contributed by atoms with E-state index in [1.165, 1.54) is 0 Å². The van der Waals surface area contributed by atoms with E-state index < -0.39 is 0 Å². The number of hydrogen-bond donors (Lipinski definition) is 0. The highest BCUT2D eigenvalue weighted by molar-refractivity contribution is 5.96. The Morgan fingerprint density at radius 1 is 1.00 bits per heavy atom. The van der Waals surface area contributed by atoms with E-state index in [0.29, 0.717) is 44.8 Å². The molecule has 0 aliphatic carbocycles. The lowest BCUT2D eigenvalue weighted by atomic mass is 10.1. The van der Waals surface area contributed by atoms with E-state index in [9.17, 15) is 9.59 Å². The molecule has 0 atom stereocenters. The van der Waals surface area contributed by atoms with E-state index in [4.69, 9.17) is 4.74 Å². The second-order valence-corrected chi connectivity index (χ2v) is 6.40. The maximum Gasteiger partial charge on any atom is 0.254 e. The third-order valence-electron chi connectivity index (χ3n) is 4.62. The van der Waals surface area contributed by atoms with Gasteiger partial charge in [0, 0.05) is 31.6 Å². The number of ether oxygens (including phenoxy) is 1. The van der Waals surface area contributed by atoms with E-state index in [-0.39, 0.29) is 11.8 Å². The number of carbonyl (C=O) groups is 2. The van der Waals surface area contributed by atoms with Gasteiger partial charge in [0.05, 0.1) is 6.54 Å². The summed E-state index contributed by atoms with van der Waals surface area (Å²) < 4.78 is 5.68. The summed E-state index contributed by atoms with van der Waals surface area (Å²) in [6.07, 6.45) is 0.350. The van der Waals surface area contributed by atoms with Crippen LogP contribution in [0.4, 0.5) is 0 Å². The Balaban J connectivity index is 1.55. The molecule has 0 unspecified atom stereocenters. The molecule has 136 valence electrons. The monoisotopic (exact) mass is 352 g/mol. The summed E-state index contributed by atoms with van der Waals surface area (Å²) in [6.45, 7) is 4.45. The zero-order chi connectivity index (χ0) is 18.4. The fourth-order valence-electron chi connectivity index (χ4n) is 3.08.